The van der Waals surface area contributed by atoms with Crippen molar-refractivity contribution in [3.05, 3.63) is 28.8 Å². The van der Waals surface area contributed by atoms with Crippen molar-refractivity contribution in [2.24, 2.45) is 0 Å². The second-order valence-electron chi connectivity index (χ2n) is 3.90. The minimum Gasteiger partial charge on any atom is -0.495 e. The fourth-order valence-electron chi connectivity index (χ4n) is 1.93. The number of ether oxygens (including phenoxy) is 2. The number of hydrogen-bond donors (Lipinski definition) is 1. The molecule has 1 aromatic carbocycles. The highest BCUT2D eigenvalue weighted by Gasteiger charge is 2.24. The summed E-state index contributed by atoms with van der Waals surface area (Å²) in [6.45, 7) is 0.569. The van der Waals surface area contributed by atoms with Gasteiger partial charge < -0.3 is 14.6 Å². The van der Waals surface area contributed by atoms with Gasteiger partial charge in [0.25, 0.3) is 0 Å². The van der Waals surface area contributed by atoms with Crippen molar-refractivity contribution in [1.82, 2.24) is 0 Å². The lowest BCUT2D eigenvalue weighted by Gasteiger charge is -2.27. The predicted molar refractivity (Wildman–Crippen MR) is 61.9 cm³/mol. The first-order valence-corrected chi connectivity index (χ1v) is 5.72. The predicted octanol–water partition coefficient (Wildman–Crippen LogP) is 2.56. The van der Waals surface area contributed by atoms with Crippen LogP contribution in [-0.2, 0) is 4.74 Å². The number of aliphatic hydroxyl groups is 1. The van der Waals surface area contributed by atoms with E-state index in [-0.39, 0.29) is 12.2 Å². The van der Waals surface area contributed by atoms with Crippen LogP contribution >= 0.6 is 11.6 Å². The molecule has 16 heavy (non-hydrogen) atoms. The molecule has 0 spiro atoms. The van der Waals surface area contributed by atoms with E-state index >= 15 is 0 Å². The zero-order chi connectivity index (χ0) is 11.5. The lowest BCUT2D eigenvalue weighted by Crippen LogP contribution is -2.23. The van der Waals surface area contributed by atoms with Crippen LogP contribution in [-0.4, -0.2) is 24.9 Å². The Morgan fingerprint density at radius 1 is 1.50 bits per heavy atom. The molecule has 0 radical (unpaired) electrons. The molecule has 2 atom stereocenters. The Hall–Kier alpha value is -0.770. The molecular weight excluding hydrogens is 228 g/mol. The van der Waals surface area contributed by atoms with E-state index in [1.165, 1.54) is 0 Å². The highest BCUT2D eigenvalue weighted by Crippen LogP contribution is 2.37. The molecule has 1 saturated heterocycles. The van der Waals surface area contributed by atoms with Gasteiger partial charge in [0.15, 0.2) is 0 Å². The minimum absolute atomic E-state index is 0.133. The summed E-state index contributed by atoms with van der Waals surface area (Å²) >= 11 is 6.20. The summed E-state index contributed by atoms with van der Waals surface area (Å²) in [5, 5.41) is 10.2. The first-order valence-electron chi connectivity index (χ1n) is 5.34. The molecule has 1 aliphatic rings. The molecule has 0 amide bonds. The van der Waals surface area contributed by atoms with Gasteiger partial charge in [-0.2, -0.15) is 0 Å². The number of methoxy groups -OCH3 is 1. The lowest BCUT2D eigenvalue weighted by molar-refractivity contribution is -0.0448. The monoisotopic (exact) mass is 242 g/mol. The Morgan fingerprint density at radius 2 is 2.31 bits per heavy atom. The van der Waals surface area contributed by atoms with Crippen LogP contribution in [0.4, 0.5) is 0 Å². The Kier molecular flexibility index (Phi) is 3.69. The Balaban J connectivity index is 2.25. The van der Waals surface area contributed by atoms with E-state index in [1.54, 1.807) is 7.11 Å². The summed E-state index contributed by atoms with van der Waals surface area (Å²) in [4.78, 5) is 0. The van der Waals surface area contributed by atoms with Gasteiger partial charge in [-0.25, -0.2) is 0 Å². The molecule has 1 N–H and O–H groups in total. The fourth-order valence-corrected chi connectivity index (χ4v) is 2.26. The van der Waals surface area contributed by atoms with E-state index < -0.39 is 0 Å². The number of aliphatic hydroxyl groups excluding tert-OH is 1. The average Bonchev–Trinajstić information content (AvgIpc) is 2.29. The summed E-state index contributed by atoms with van der Waals surface area (Å²) < 4.78 is 10.8. The molecule has 1 aromatic rings. The number of hydrogen-bond acceptors (Lipinski definition) is 3. The van der Waals surface area contributed by atoms with Crippen LogP contribution in [0.5, 0.6) is 5.75 Å². The van der Waals surface area contributed by atoms with Crippen molar-refractivity contribution in [2.75, 3.05) is 13.7 Å². The van der Waals surface area contributed by atoms with E-state index in [9.17, 15) is 5.11 Å². The second-order valence-corrected chi connectivity index (χ2v) is 4.28. The van der Waals surface area contributed by atoms with Crippen LogP contribution in [0.25, 0.3) is 0 Å². The summed E-state index contributed by atoms with van der Waals surface area (Å²) in [5.41, 5.74) is 0.889. The molecule has 1 aliphatic heterocycles. The number of rotatable bonds is 2. The topological polar surface area (TPSA) is 38.7 Å². The Bertz CT molecular complexity index is 367. The molecule has 3 nitrogen and oxygen atoms in total. The summed E-state index contributed by atoms with van der Waals surface area (Å²) in [6.07, 6.45) is 0.845. The van der Waals surface area contributed by atoms with Crippen molar-refractivity contribution in [1.29, 1.82) is 0 Å². The molecule has 0 aromatic heterocycles. The zero-order valence-electron chi connectivity index (χ0n) is 9.15. The molecule has 2 unspecified atom stereocenters. The maximum Gasteiger partial charge on any atom is 0.137 e. The third-order valence-corrected chi connectivity index (χ3v) is 3.22. The average molecular weight is 243 g/mol. The molecule has 0 saturated carbocycles. The number of halogens is 1. The van der Waals surface area contributed by atoms with Crippen LogP contribution in [0.3, 0.4) is 0 Å². The first-order chi connectivity index (χ1) is 7.72. The SMILES string of the molecule is COc1cccc(C2CC(O)CCO2)c1Cl. The van der Waals surface area contributed by atoms with Gasteiger partial charge in [0.05, 0.1) is 24.3 Å². The van der Waals surface area contributed by atoms with Gasteiger partial charge in [-0.15, -0.1) is 0 Å². The van der Waals surface area contributed by atoms with Crippen molar-refractivity contribution in [3.63, 3.8) is 0 Å². The van der Waals surface area contributed by atoms with Gasteiger partial charge in [-0.3, -0.25) is 0 Å². The maximum atomic E-state index is 9.60. The van der Waals surface area contributed by atoms with E-state index in [2.05, 4.69) is 0 Å². The van der Waals surface area contributed by atoms with Crippen LogP contribution in [0, 0.1) is 0 Å². The molecule has 2 rings (SSSR count). The fraction of sp³-hybridized carbons (Fsp3) is 0.500. The molecule has 88 valence electrons. The summed E-state index contributed by atoms with van der Waals surface area (Å²) in [6, 6.07) is 5.60. The quantitative estimate of drug-likeness (QED) is 0.866. The largest absolute Gasteiger partial charge is 0.495 e. The third kappa shape index (κ3) is 2.32. The van der Waals surface area contributed by atoms with Gasteiger partial charge in [-0.05, 0) is 12.5 Å². The van der Waals surface area contributed by atoms with E-state index in [0.717, 1.165) is 5.56 Å². The smallest absolute Gasteiger partial charge is 0.137 e. The van der Waals surface area contributed by atoms with Gasteiger partial charge in [0.2, 0.25) is 0 Å². The zero-order valence-corrected chi connectivity index (χ0v) is 9.91. The maximum absolute atomic E-state index is 9.60. The van der Waals surface area contributed by atoms with Crippen LogP contribution in [0.1, 0.15) is 24.5 Å². The first kappa shape index (κ1) is 11.7. The normalized spacial score (nSPS) is 25.4. The third-order valence-electron chi connectivity index (χ3n) is 2.82. The van der Waals surface area contributed by atoms with Crippen LogP contribution in [0.2, 0.25) is 5.02 Å². The Labute approximate surface area is 99.9 Å². The molecule has 4 heteroatoms. The van der Waals surface area contributed by atoms with E-state index in [1.807, 2.05) is 18.2 Å². The van der Waals surface area contributed by atoms with E-state index in [4.69, 9.17) is 21.1 Å². The highest BCUT2D eigenvalue weighted by atomic mass is 35.5. The Morgan fingerprint density at radius 3 is 3.00 bits per heavy atom. The molecule has 1 fully saturated rings. The van der Waals surface area contributed by atoms with Crippen molar-refractivity contribution < 1.29 is 14.6 Å². The van der Waals surface area contributed by atoms with Crippen molar-refractivity contribution in [3.8, 4) is 5.75 Å². The van der Waals surface area contributed by atoms with Crippen LogP contribution in [0.15, 0.2) is 18.2 Å². The number of benzene rings is 1. The van der Waals surface area contributed by atoms with Gasteiger partial charge in [-0.1, -0.05) is 23.7 Å². The van der Waals surface area contributed by atoms with Crippen molar-refractivity contribution in [2.45, 2.75) is 25.0 Å². The van der Waals surface area contributed by atoms with Gasteiger partial charge in [0, 0.05) is 18.6 Å². The highest BCUT2D eigenvalue weighted by molar-refractivity contribution is 6.32. The van der Waals surface area contributed by atoms with Crippen LogP contribution < -0.4 is 4.74 Å². The summed E-state index contributed by atoms with van der Waals surface area (Å²) in [5.74, 6) is 0.642. The second kappa shape index (κ2) is 5.04. The van der Waals surface area contributed by atoms with Crippen molar-refractivity contribution >= 4 is 11.6 Å². The minimum atomic E-state index is -0.305. The van der Waals surface area contributed by atoms with E-state index in [0.29, 0.717) is 30.2 Å². The van der Waals surface area contributed by atoms with Gasteiger partial charge >= 0.3 is 0 Å². The van der Waals surface area contributed by atoms with Gasteiger partial charge in [0.1, 0.15) is 5.75 Å². The molecule has 0 bridgehead atoms. The summed E-state index contributed by atoms with van der Waals surface area (Å²) in [7, 11) is 1.58. The molecular formula is C12H15ClO3. The molecule has 0 aliphatic carbocycles. The standard InChI is InChI=1S/C12H15ClO3/c1-15-10-4-2-3-9(12(10)13)11-7-8(14)5-6-16-11/h2-4,8,11,14H,5-7H2,1H3. The molecule has 1 heterocycles. The lowest BCUT2D eigenvalue weighted by atomic mass is 9.99.